The summed E-state index contributed by atoms with van der Waals surface area (Å²) in [5, 5.41) is 3.12. The topological polar surface area (TPSA) is 78.1 Å². The summed E-state index contributed by atoms with van der Waals surface area (Å²) in [5.41, 5.74) is 8.05. The molecule has 0 spiro atoms. The van der Waals surface area contributed by atoms with Gasteiger partial charge in [-0.05, 0) is 30.2 Å². The Morgan fingerprint density at radius 3 is 2.35 bits per heavy atom. The lowest BCUT2D eigenvalue weighted by molar-refractivity contribution is 0.354. The molecule has 0 bridgehead atoms. The van der Waals surface area contributed by atoms with E-state index in [9.17, 15) is 0 Å². The fourth-order valence-corrected chi connectivity index (χ4v) is 2.43. The van der Waals surface area contributed by atoms with E-state index in [0.717, 1.165) is 34.8 Å². The van der Waals surface area contributed by atoms with Crippen molar-refractivity contribution in [1.29, 1.82) is 0 Å². The fraction of sp³-hybridized carbons (Fsp3) is 0.316. The molecule has 0 unspecified atom stereocenters. The SMILES string of the molecule is COc1ccccc1CN=C(N)NCCc1ccc(OC)c(OC)c1.I. The van der Waals surface area contributed by atoms with Gasteiger partial charge in [0, 0.05) is 12.1 Å². The van der Waals surface area contributed by atoms with Crippen LogP contribution in [0.15, 0.2) is 47.5 Å². The molecule has 0 aliphatic heterocycles. The lowest BCUT2D eigenvalue weighted by Crippen LogP contribution is -2.33. The summed E-state index contributed by atoms with van der Waals surface area (Å²) < 4.78 is 15.8. The van der Waals surface area contributed by atoms with Gasteiger partial charge in [-0.15, -0.1) is 24.0 Å². The first-order valence-electron chi connectivity index (χ1n) is 8.04. The second kappa shape index (κ2) is 11.5. The van der Waals surface area contributed by atoms with E-state index in [1.165, 1.54) is 0 Å². The molecule has 0 radical (unpaired) electrons. The first-order chi connectivity index (χ1) is 12.2. The van der Waals surface area contributed by atoms with E-state index in [1.54, 1.807) is 21.3 Å². The maximum atomic E-state index is 5.93. The minimum absolute atomic E-state index is 0. The zero-order valence-electron chi connectivity index (χ0n) is 15.3. The van der Waals surface area contributed by atoms with E-state index in [-0.39, 0.29) is 24.0 Å². The Labute approximate surface area is 171 Å². The average Bonchev–Trinajstić information content (AvgIpc) is 2.66. The molecule has 2 aromatic carbocycles. The van der Waals surface area contributed by atoms with Crippen LogP contribution >= 0.6 is 24.0 Å². The molecule has 0 atom stereocenters. The normalized spacial score (nSPS) is 10.7. The fourth-order valence-electron chi connectivity index (χ4n) is 2.43. The summed E-state index contributed by atoms with van der Waals surface area (Å²) in [7, 11) is 4.90. The molecule has 2 rings (SSSR count). The maximum absolute atomic E-state index is 5.93. The molecular weight excluding hydrogens is 445 g/mol. The molecule has 0 fully saturated rings. The number of para-hydroxylation sites is 1. The molecule has 0 aliphatic carbocycles. The number of rotatable bonds is 8. The van der Waals surface area contributed by atoms with Gasteiger partial charge in [-0.1, -0.05) is 24.3 Å². The molecule has 26 heavy (non-hydrogen) atoms. The Balaban J connectivity index is 0.00000338. The third-order valence-corrected chi connectivity index (χ3v) is 3.78. The lowest BCUT2D eigenvalue weighted by atomic mass is 10.1. The zero-order valence-corrected chi connectivity index (χ0v) is 17.7. The smallest absolute Gasteiger partial charge is 0.188 e. The maximum Gasteiger partial charge on any atom is 0.188 e. The third-order valence-electron chi connectivity index (χ3n) is 3.78. The van der Waals surface area contributed by atoms with Crippen molar-refractivity contribution in [3.8, 4) is 17.2 Å². The molecule has 0 aliphatic rings. The van der Waals surface area contributed by atoms with E-state index in [2.05, 4.69) is 10.3 Å². The second-order valence-electron chi connectivity index (χ2n) is 5.38. The third kappa shape index (κ3) is 6.29. The summed E-state index contributed by atoms with van der Waals surface area (Å²) in [6, 6.07) is 13.6. The van der Waals surface area contributed by atoms with Crippen LogP contribution in [-0.2, 0) is 13.0 Å². The van der Waals surface area contributed by atoms with Crippen molar-refractivity contribution in [2.75, 3.05) is 27.9 Å². The van der Waals surface area contributed by atoms with E-state index < -0.39 is 0 Å². The van der Waals surface area contributed by atoms with Crippen LogP contribution in [0.3, 0.4) is 0 Å². The Kier molecular flexibility index (Phi) is 9.64. The highest BCUT2D eigenvalue weighted by Gasteiger charge is 2.05. The van der Waals surface area contributed by atoms with Gasteiger partial charge in [0.1, 0.15) is 5.75 Å². The van der Waals surface area contributed by atoms with Gasteiger partial charge >= 0.3 is 0 Å². The summed E-state index contributed by atoms with van der Waals surface area (Å²) in [6.45, 7) is 1.15. The van der Waals surface area contributed by atoms with Crippen molar-refractivity contribution in [1.82, 2.24) is 5.32 Å². The number of hydrogen-bond donors (Lipinski definition) is 2. The van der Waals surface area contributed by atoms with Gasteiger partial charge in [0.2, 0.25) is 0 Å². The molecule has 2 aromatic rings. The van der Waals surface area contributed by atoms with Crippen molar-refractivity contribution >= 4 is 29.9 Å². The Morgan fingerprint density at radius 2 is 1.65 bits per heavy atom. The molecule has 7 heteroatoms. The number of hydrogen-bond acceptors (Lipinski definition) is 4. The van der Waals surface area contributed by atoms with Crippen molar-refractivity contribution in [3.05, 3.63) is 53.6 Å². The number of aliphatic imine (C=N–C) groups is 1. The van der Waals surface area contributed by atoms with Crippen LogP contribution in [-0.4, -0.2) is 33.8 Å². The second-order valence-corrected chi connectivity index (χ2v) is 5.38. The van der Waals surface area contributed by atoms with Gasteiger partial charge in [0.15, 0.2) is 17.5 Å². The summed E-state index contributed by atoms with van der Waals surface area (Å²) in [5.74, 6) is 2.66. The molecular formula is C19H26IN3O3. The number of halogens is 1. The summed E-state index contributed by atoms with van der Waals surface area (Å²) in [6.07, 6.45) is 0.797. The molecule has 0 saturated carbocycles. The van der Waals surface area contributed by atoms with Gasteiger partial charge in [0.05, 0.1) is 27.9 Å². The van der Waals surface area contributed by atoms with Crippen molar-refractivity contribution in [2.45, 2.75) is 13.0 Å². The standard InChI is InChI=1S/C19H25N3O3.HI/c1-23-16-7-5-4-6-15(16)13-22-19(20)21-11-10-14-8-9-17(24-2)18(12-14)25-3;/h4-9,12H,10-11,13H2,1-3H3,(H3,20,21,22);1H. The predicted octanol–water partition coefficient (Wildman–Crippen LogP) is 2.98. The van der Waals surface area contributed by atoms with Crippen LogP contribution in [0.4, 0.5) is 0 Å². The summed E-state index contributed by atoms with van der Waals surface area (Å²) in [4.78, 5) is 4.35. The Hall–Kier alpha value is -2.16. The number of benzene rings is 2. The number of nitrogens with one attached hydrogen (secondary N) is 1. The minimum atomic E-state index is 0. The number of nitrogens with two attached hydrogens (primary N) is 1. The quantitative estimate of drug-likeness (QED) is 0.352. The molecule has 0 amide bonds. The van der Waals surface area contributed by atoms with Crippen LogP contribution in [0.25, 0.3) is 0 Å². The number of nitrogens with zero attached hydrogens (tertiary/aromatic N) is 1. The highest BCUT2D eigenvalue weighted by atomic mass is 127. The van der Waals surface area contributed by atoms with Crippen molar-refractivity contribution < 1.29 is 14.2 Å². The van der Waals surface area contributed by atoms with E-state index in [4.69, 9.17) is 19.9 Å². The monoisotopic (exact) mass is 471 g/mol. The van der Waals surface area contributed by atoms with E-state index in [1.807, 2.05) is 42.5 Å². The van der Waals surface area contributed by atoms with Crippen LogP contribution in [0.1, 0.15) is 11.1 Å². The minimum Gasteiger partial charge on any atom is -0.496 e. The van der Waals surface area contributed by atoms with Gasteiger partial charge in [-0.3, -0.25) is 0 Å². The van der Waals surface area contributed by atoms with E-state index in [0.29, 0.717) is 19.0 Å². The first-order valence-corrected chi connectivity index (χ1v) is 8.04. The lowest BCUT2D eigenvalue weighted by Gasteiger charge is -2.10. The number of ether oxygens (including phenoxy) is 3. The Bertz CT molecular complexity index is 723. The van der Waals surface area contributed by atoms with E-state index >= 15 is 0 Å². The van der Waals surface area contributed by atoms with Gasteiger partial charge in [0.25, 0.3) is 0 Å². The van der Waals surface area contributed by atoms with Gasteiger partial charge < -0.3 is 25.3 Å². The van der Waals surface area contributed by atoms with Gasteiger partial charge in [-0.25, -0.2) is 4.99 Å². The number of methoxy groups -OCH3 is 3. The summed E-state index contributed by atoms with van der Waals surface area (Å²) >= 11 is 0. The highest BCUT2D eigenvalue weighted by molar-refractivity contribution is 14.0. The molecule has 3 N–H and O–H groups in total. The molecule has 0 aromatic heterocycles. The van der Waals surface area contributed by atoms with Crippen LogP contribution < -0.4 is 25.3 Å². The first kappa shape index (κ1) is 21.9. The highest BCUT2D eigenvalue weighted by Crippen LogP contribution is 2.27. The molecule has 6 nitrogen and oxygen atoms in total. The molecule has 0 saturated heterocycles. The van der Waals surface area contributed by atoms with Crippen LogP contribution in [0.5, 0.6) is 17.2 Å². The molecule has 0 heterocycles. The average molecular weight is 471 g/mol. The largest absolute Gasteiger partial charge is 0.496 e. The van der Waals surface area contributed by atoms with Crippen LogP contribution in [0, 0.1) is 0 Å². The Morgan fingerprint density at radius 1 is 0.962 bits per heavy atom. The molecule has 142 valence electrons. The van der Waals surface area contributed by atoms with Crippen LogP contribution in [0.2, 0.25) is 0 Å². The van der Waals surface area contributed by atoms with Gasteiger partial charge in [-0.2, -0.15) is 0 Å². The number of guanidine groups is 1. The predicted molar refractivity (Wildman–Crippen MR) is 115 cm³/mol. The van der Waals surface area contributed by atoms with Crippen molar-refractivity contribution in [3.63, 3.8) is 0 Å². The van der Waals surface area contributed by atoms with Crippen molar-refractivity contribution in [2.24, 2.45) is 10.7 Å². The zero-order chi connectivity index (χ0) is 18.1.